The molecule has 1 aliphatic heterocycles. The van der Waals surface area contributed by atoms with E-state index in [1.807, 2.05) is 44.2 Å². The van der Waals surface area contributed by atoms with Gasteiger partial charge >= 0.3 is 6.03 Å². The number of benzene rings is 1. The maximum Gasteiger partial charge on any atom is 0.355 e. The van der Waals surface area contributed by atoms with E-state index in [1.165, 1.54) is 4.57 Å². The van der Waals surface area contributed by atoms with Crippen molar-refractivity contribution in [2.24, 2.45) is 4.99 Å². The Bertz CT molecular complexity index is 697. The molecule has 4 heteroatoms. The molecule has 0 spiro atoms. The molecule has 4 nitrogen and oxygen atoms in total. The number of hydrogen-bond donors (Lipinski definition) is 1. The number of aliphatic imine (C=N–C) groups is 1. The van der Waals surface area contributed by atoms with Crippen LogP contribution in [0.2, 0.25) is 0 Å². The number of carbonyl (C=O) groups excluding carboxylic acids is 1. The van der Waals surface area contributed by atoms with E-state index in [9.17, 15) is 9.90 Å². The third-order valence-electron chi connectivity index (χ3n) is 3.48. The van der Waals surface area contributed by atoms with Crippen molar-refractivity contribution in [3.8, 4) is 17.0 Å². The predicted octanol–water partition coefficient (Wildman–Crippen LogP) is 3.35. The minimum absolute atomic E-state index is 0.0177. The van der Waals surface area contributed by atoms with Crippen LogP contribution in [0.1, 0.15) is 24.6 Å². The van der Waals surface area contributed by atoms with Gasteiger partial charge in [-0.1, -0.05) is 37.3 Å². The van der Waals surface area contributed by atoms with Gasteiger partial charge in [-0.15, -0.1) is 0 Å². The maximum atomic E-state index is 11.9. The van der Waals surface area contributed by atoms with Gasteiger partial charge in [-0.25, -0.2) is 9.36 Å². The van der Waals surface area contributed by atoms with Crippen LogP contribution in [0.25, 0.3) is 11.1 Å². The van der Waals surface area contributed by atoms with Crippen LogP contribution in [-0.2, 0) is 0 Å². The van der Waals surface area contributed by atoms with Crippen LogP contribution in [0.3, 0.4) is 0 Å². The molecule has 1 aromatic heterocycles. The van der Waals surface area contributed by atoms with E-state index < -0.39 is 6.03 Å². The fourth-order valence-electron chi connectivity index (χ4n) is 2.62. The molecular weight excluding hydrogens is 240 g/mol. The molecule has 19 heavy (non-hydrogen) atoms. The molecule has 3 rings (SSSR count). The molecule has 0 aliphatic carbocycles. The Hall–Kier alpha value is -2.36. The number of rotatable bonds is 2. The zero-order valence-electron chi connectivity index (χ0n) is 10.8. The third kappa shape index (κ3) is 1.53. The Balaban J connectivity index is 2.29. The molecule has 0 saturated carbocycles. The molecule has 0 saturated heterocycles. The second kappa shape index (κ2) is 4.09. The summed E-state index contributed by atoms with van der Waals surface area (Å²) in [4.78, 5) is 15.8. The number of carbonyl (C=O) groups is 1. The summed E-state index contributed by atoms with van der Waals surface area (Å²) in [5, 5.41) is 10.3. The van der Waals surface area contributed by atoms with E-state index in [2.05, 4.69) is 4.99 Å². The molecule has 0 unspecified atom stereocenters. The maximum absolute atomic E-state index is 11.9. The van der Waals surface area contributed by atoms with Crippen LogP contribution in [0, 0.1) is 6.92 Å². The van der Waals surface area contributed by atoms with E-state index in [-0.39, 0.29) is 5.88 Å². The Morgan fingerprint density at radius 1 is 1.26 bits per heavy atom. The monoisotopic (exact) mass is 254 g/mol. The molecule has 1 aromatic carbocycles. The normalized spacial score (nSPS) is 13.6. The number of nitrogens with zero attached hydrogens (tertiary/aromatic N) is 2. The first-order valence-electron chi connectivity index (χ1n) is 6.27. The summed E-state index contributed by atoms with van der Waals surface area (Å²) in [6, 6.07) is 9.18. The Morgan fingerprint density at radius 3 is 2.58 bits per heavy atom. The van der Waals surface area contributed by atoms with Gasteiger partial charge in [-0.3, -0.25) is 0 Å². The molecule has 2 heterocycles. The zero-order valence-corrected chi connectivity index (χ0v) is 10.8. The molecule has 1 aliphatic rings. The fraction of sp³-hybridized carbons (Fsp3) is 0.200. The highest BCUT2D eigenvalue weighted by atomic mass is 16.3. The first-order chi connectivity index (χ1) is 9.15. The van der Waals surface area contributed by atoms with Crippen molar-refractivity contribution < 1.29 is 9.90 Å². The lowest BCUT2D eigenvalue weighted by atomic mass is 10.0. The molecule has 96 valence electrons. The Kier molecular flexibility index (Phi) is 2.52. The highest BCUT2D eigenvalue weighted by molar-refractivity contribution is 6.15. The van der Waals surface area contributed by atoms with E-state index in [0.29, 0.717) is 12.0 Å². The molecule has 1 amide bonds. The average Bonchev–Trinajstić information content (AvgIpc) is 2.88. The number of amides is 1. The first kappa shape index (κ1) is 11.7. The van der Waals surface area contributed by atoms with Crippen molar-refractivity contribution in [1.29, 1.82) is 0 Å². The van der Waals surface area contributed by atoms with Crippen LogP contribution >= 0.6 is 0 Å². The minimum Gasteiger partial charge on any atom is -0.494 e. The van der Waals surface area contributed by atoms with E-state index in [0.717, 1.165) is 22.5 Å². The van der Waals surface area contributed by atoms with Crippen molar-refractivity contribution in [1.82, 2.24) is 4.57 Å². The van der Waals surface area contributed by atoms with Crippen LogP contribution in [0.5, 0.6) is 5.88 Å². The third-order valence-corrected chi connectivity index (χ3v) is 3.48. The number of aromatic nitrogens is 1. The van der Waals surface area contributed by atoms with E-state index >= 15 is 0 Å². The van der Waals surface area contributed by atoms with Gasteiger partial charge in [0.25, 0.3) is 0 Å². The van der Waals surface area contributed by atoms with Crippen molar-refractivity contribution in [3.05, 3.63) is 41.6 Å². The van der Waals surface area contributed by atoms with Gasteiger partial charge in [0.15, 0.2) is 0 Å². The second-order valence-corrected chi connectivity index (χ2v) is 4.57. The standard InChI is InChI=1S/C15H14N2O2/c1-3-11-13-9(2)12(10-7-5-4-6-8-10)14(18)17(13)15(19)16-11/h4-8,18H,3H2,1-2H3. The largest absolute Gasteiger partial charge is 0.494 e. The Labute approximate surface area is 111 Å². The zero-order chi connectivity index (χ0) is 13.6. The van der Waals surface area contributed by atoms with Crippen molar-refractivity contribution in [2.45, 2.75) is 20.3 Å². The van der Waals surface area contributed by atoms with Crippen LogP contribution in [-0.4, -0.2) is 21.4 Å². The van der Waals surface area contributed by atoms with Crippen molar-refractivity contribution in [3.63, 3.8) is 0 Å². The van der Waals surface area contributed by atoms with E-state index in [4.69, 9.17) is 0 Å². The quantitative estimate of drug-likeness (QED) is 0.893. The highest BCUT2D eigenvalue weighted by Gasteiger charge is 2.31. The average molecular weight is 254 g/mol. The summed E-state index contributed by atoms with van der Waals surface area (Å²) < 4.78 is 1.30. The second-order valence-electron chi connectivity index (χ2n) is 4.57. The number of aromatic hydroxyl groups is 1. The van der Waals surface area contributed by atoms with E-state index in [1.54, 1.807) is 0 Å². The van der Waals surface area contributed by atoms with Gasteiger partial charge in [0.05, 0.1) is 11.4 Å². The summed E-state index contributed by atoms with van der Waals surface area (Å²) in [6.45, 7) is 3.87. The van der Waals surface area contributed by atoms with Gasteiger partial charge in [0, 0.05) is 5.56 Å². The SMILES string of the molecule is CCC1=NC(=O)n2c(O)c(-c3ccccc3)c(C)c21. The minimum atomic E-state index is -0.408. The first-order valence-corrected chi connectivity index (χ1v) is 6.27. The van der Waals surface area contributed by atoms with Gasteiger partial charge in [-0.2, -0.15) is 4.99 Å². The summed E-state index contributed by atoms with van der Waals surface area (Å²) >= 11 is 0. The van der Waals surface area contributed by atoms with Gasteiger partial charge in [0.1, 0.15) is 0 Å². The molecule has 1 N–H and O–H groups in total. The lowest BCUT2D eigenvalue weighted by Crippen LogP contribution is -2.03. The molecular formula is C15H14N2O2. The lowest BCUT2D eigenvalue weighted by molar-refractivity contribution is 0.249. The summed E-state index contributed by atoms with van der Waals surface area (Å²) in [6.07, 6.45) is 0.671. The summed E-state index contributed by atoms with van der Waals surface area (Å²) in [7, 11) is 0. The smallest absolute Gasteiger partial charge is 0.355 e. The molecule has 0 atom stereocenters. The summed E-state index contributed by atoms with van der Waals surface area (Å²) in [5.41, 5.74) is 3.99. The molecule has 2 aromatic rings. The Morgan fingerprint density at radius 2 is 1.95 bits per heavy atom. The number of hydrogen-bond acceptors (Lipinski definition) is 2. The van der Waals surface area contributed by atoms with Crippen LogP contribution in [0.4, 0.5) is 4.79 Å². The fourth-order valence-corrected chi connectivity index (χ4v) is 2.62. The highest BCUT2D eigenvalue weighted by Crippen LogP contribution is 2.39. The van der Waals surface area contributed by atoms with Gasteiger partial charge in [0.2, 0.25) is 5.88 Å². The molecule has 0 fully saturated rings. The van der Waals surface area contributed by atoms with Crippen LogP contribution < -0.4 is 0 Å². The van der Waals surface area contributed by atoms with Crippen LogP contribution in [0.15, 0.2) is 35.3 Å². The van der Waals surface area contributed by atoms with Crippen molar-refractivity contribution >= 4 is 11.7 Å². The number of fused-ring (bicyclic) bond motifs is 1. The van der Waals surface area contributed by atoms with Gasteiger partial charge < -0.3 is 5.11 Å². The topological polar surface area (TPSA) is 54.6 Å². The summed E-state index contributed by atoms with van der Waals surface area (Å²) in [5.74, 6) is -0.0177. The van der Waals surface area contributed by atoms with Crippen molar-refractivity contribution in [2.75, 3.05) is 0 Å². The van der Waals surface area contributed by atoms with Gasteiger partial charge in [-0.05, 0) is 24.5 Å². The molecule has 0 radical (unpaired) electrons. The lowest BCUT2D eigenvalue weighted by Gasteiger charge is -2.02. The predicted molar refractivity (Wildman–Crippen MR) is 73.9 cm³/mol. The molecule has 0 bridgehead atoms.